The van der Waals surface area contributed by atoms with Gasteiger partial charge in [0.2, 0.25) is 5.91 Å². The molecule has 1 aromatic heterocycles. The number of hydrogen-bond donors (Lipinski definition) is 2. The second kappa shape index (κ2) is 6.33. The molecule has 0 aliphatic heterocycles. The SMILES string of the molecule is CCc1cnc(C)nc1N[C@H](C(N)=O)[C@@H](C)CC. The molecule has 0 spiro atoms. The summed E-state index contributed by atoms with van der Waals surface area (Å²) >= 11 is 0. The Balaban J connectivity index is 2.99. The van der Waals surface area contributed by atoms with Gasteiger partial charge in [-0.25, -0.2) is 9.97 Å². The van der Waals surface area contributed by atoms with Crippen LogP contribution in [0.3, 0.4) is 0 Å². The number of amides is 1. The Morgan fingerprint density at radius 1 is 1.50 bits per heavy atom. The van der Waals surface area contributed by atoms with E-state index in [2.05, 4.69) is 15.3 Å². The van der Waals surface area contributed by atoms with E-state index in [0.29, 0.717) is 11.6 Å². The van der Waals surface area contributed by atoms with Crippen LogP contribution in [0.1, 0.15) is 38.6 Å². The number of rotatable bonds is 6. The first-order valence-electron chi connectivity index (χ1n) is 6.37. The molecular formula is C13H22N4O. The van der Waals surface area contributed by atoms with E-state index in [-0.39, 0.29) is 11.8 Å². The molecule has 0 aliphatic rings. The predicted octanol–water partition coefficient (Wildman–Crippen LogP) is 1.66. The number of primary amides is 1. The van der Waals surface area contributed by atoms with Gasteiger partial charge in [-0.05, 0) is 19.3 Å². The second-order valence-electron chi connectivity index (χ2n) is 4.55. The lowest BCUT2D eigenvalue weighted by molar-refractivity contribution is -0.119. The fourth-order valence-electron chi connectivity index (χ4n) is 1.76. The maximum atomic E-state index is 11.5. The third-order valence-corrected chi connectivity index (χ3v) is 3.18. The average molecular weight is 250 g/mol. The zero-order chi connectivity index (χ0) is 13.7. The van der Waals surface area contributed by atoms with Crippen LogP contribution in [0, 0.1) is 12.8 Å². The summed E-state index contributed by atoms with van der Waals surface area (Å²) in [5, 5.41) is 3.16. The Bertz CT molecular complexity index is 419. The van der Waals surface area contributed by atoms with Crippen LogP contribution in [-0.4, -0.2) is 21.9 Å². The lowest BCUT2D eigenvalue weighted by atomic mass is 9.98. The summed E-state index contributed by atoms with van der Waals surface area (Å²) in [6.45, 7) is 7.89. The molecule has 1 rings (SSSR count). The standard InChI is InChI=1S/C13H22N4O/c1-5-8(3)11(12(14)18)17-13-10(6-2)7-15-9(4)16-13/h7-8,11H,5-6H2,1-4H3,(H2,14,18)(H,15,16,17)/t8-,11-/m0/s1. The molecule has 3 N–H and O–H groups in total. The fourth-order valence-corrected chi connectivity index (χ4v) is 1.76. The molecule has 18 heavy (non-hydrogen) atoms. The van der Waals surface area contributed by atoms with Crippen molar-refractivity contribution in [1.82, 2.24) is 9.97 Å². The van der Waals surface area contributed by atoms with Crippen molar-refractivity contribution in [2.24, 2.45) is 11.7 Å². The van der Waals surface area contributed by atoms with E-state index in [9.17, 15) is 4.79 Å². The summed E-state index contributed by atoms with van der Waals surface area (Å²) in [4.78, 5) is 20.0. The second-order valence-corrected chi connectivity index (χ2v) is 4.55. The van der Waals surface area contributed by atoms with Crippen molar-refractivity contribution >= 4 is 11.7 Å². The molecule has 0 unspecified atom stereocenters. The Hall–Kier alpha value is -1.65. The number of carbonyl (C=O) groups is 1. The summed E-state index contributed by atoms with van der Waals surface area (Å²) in [5.41, 5.74) is 6.44. The van der Waals surface area contributed by atoms with Crippen LogP contribution in [-0.2, 0) is 11.2 Å². The minimum atomic E-state index is -0.394. The third-order valence-electron chi connectivity index (χ3n) is 3.18. The number of nitrogens with two attached hydrogens (primary N) is 1. The Kier molecular flexibility index (Phi) is 5.07. The molecule has 0 saturated heterocycles. The summed E-state index contributed by atoms with van der Waals surface area (Å²) < 4.78 is 0. The van der Waals surface area contributed by atoms with Crippen LogP contribution in [0.4, 0.5) is 5.82 Å². The average Bonchev–Trinajstić information content (AvgIpc) is 2.34. The minimum absolute atomic E-state index is 0.169. The number of aryl methyl sites for hydroxylation is 2. The van der Waals surface area contributed by atoms with E-state index in [1.54, 1.807) is 6.20 Å². The van der Waals surface area contributed by atoms with Gasteiger partial charge in [0, 0.05) is 11.8 Å². The highest BCUT2D eigenvalue weighted by Gasteiger charge is 2.22. The lowest BCUT2D eigenvalue weighted by Gasteiger charge is -2.22. The van der Waals surface area contributed by atoms with Crippen molar-refractivity contribution in [3.05, 3.63) is 17.6 Å². The van der Waals surface area contributed by atoms with E-state index >= 15 is 0 Å². The highest BCUT2D eigenvalue weighted by Crippen LogP contribution is 2.17. The van der Waals surface area contributed by atoms with E-state index in [1.165, 1.54) is 0 Å². The van der Waals surface area contributed by atoms with Crippen molar-refractivity contribution in [3.8, 4) is 0 Å². The van der Waals surface area contributed by atoms with Crippen LogP contribution >= 0.6 is 0 Å². The third kappa shape index (κ3) is 3.42. The van der Waals surface area contributed by atoms with Gasteiger partial charge >= 0.3 is 0 Å². The monoisotopic (exact) mass is 250 g/mol. The molecule has 100 valence electrons. The van der Waals surface area contributed by atoms with Crippen LogP contribution in [0.5, 0.6) is 0 Å². The fraction of sp³-hybridized carbons (Fsp3) is 0.615. The van der Waals surface area contributed by atoms with E-state index in [4.69, 9.17) is 5.73 Å². The molecule has 0 bridgehead atoms. The predicted molar refractivity (Wildman–Crippen MR) is 72.2 cm³/mol. The zero-order valence-electron chi connectivity index (χ0n) is 11.5. The molecule has 0 fully saturated rings. The number of aromatic nitrogens is 2. The van der Waals surface area contributed by atoms with Crippen molar-refractivity contribution in [2.45, 2.75) is 46.6 Å². The number of nitrogens with one attached hydrogen (secondary N) is 1. The van der Waals surface area contributed by atoms with Gasteiger partial charge in [0.25, 0.3) is 0 Å². The molecular weight excluding hydrogens is 228 g/mol. The molecule has 2 atom stereocenters. The van der Waals surface area contributed by atoms with Crippen LogP contribution in [0.15, 0.2) is 6.20 Å². The van der Waals surface area contributed by atoms with E-state index in [0.717, 1.165) is 18.4 Å². The minimum Gasteiger partial charge on any atom is -0.368 e. The maximum absolute atomic E-state index is 11.5. The molecule has 0 radical (unpaired) electrons. The summed E-state index contributed by atoms with van der Waals surface area (Å²) in [6.07, 6.45) is 3.49. The molecule has 0 saturated carbocycles. The van der Waals surface area contributed by atoms with Crippen LogP contribution < -0.4 is 11.1 Å². The molecule has 1 aromatic rings. The number of carbonyl (C=O) groups excluding carboxylic acids is 1. The van der Waals surface area contributed by atoms with Gasteiger partial charge in [-0.2, -0.15) is 0 Å². The number of nitrogens with zero attached hydrogens (tertiary/aromatic N) is 2. The van der Waals surface area contributed by atoms with Gasteiger partial charge in [0.05, 0.1) is 0 Å². The first kappa shape index (κ1) is 14.4. The number of hydrogen-bond acceptors (Lipinski definition) is 4. The van der Waals surface area contributed by atoms with Crippen molar-refractivity contribution in [1.29, 1.82) is 0 Å². The maximum Gasteiger partial charge on any atom is 0.240 e. The van der Waals surface area contributed by atoms with Gasteiger partial charge < -0.3 is 11.1 Å². The number of anilines is 1. The largest absolute Gasteiger partial charge is 0.368 e. The van der Waals surface area contributed by atoms with Crippen LogP contribution in [0.25, 0.3) is 0 Å². The molecule has 0 aromatic carbocycles. The van der Waals surface area contributed by atoms with E-state index < -0.39 is 6.04 Å². The molecule has 0 aliphatic carbocycles. The normalized spacial score (nSPS) is 14.0. The van der Waals surface area contributed by atoms with Crippen LogP contribution in [0.2, 0.25) is 0 Å². The Morgan fingerprint density at radius 2 is 2.17 bits per heavy atom. The van der Waals surface area contributed by atoms with E-state index in [1.807, 2.05) is 27.7 Å². The molecule has 5 nitrogen and oxygen atoms in total. The summed E-state index contributed by atoms with van der Waals surface area (Å²) in [7, 11) is 0. The van der Waals surface area contributed by atoms with Gasteiger partial charge in [-0.3, -0.25) is 4.79 Å². The smallest absolute Gasteiger partial charge is 0.240 e. The quantitative estimate of drug-likeness (QED) is 0.804. The van der Waals surface area contributed by atoms with Crippen molar-refractivity contribution in [2.75, 3.05) is 5.32 Å². The first-order chi connectivity index (χ1) is 8.49. The van der Waals surface area contributed by atoms with Crippen molar-refractivity contribution in [3.63, 3.8) is 0 Å². The first-order valence-corrected chi connectivity index (χ1v) is 6.37. The Labute approximate surface area is 108 Å². The van der Waals surface area contributed by atoms with Gasteiger partial charge in [0.15, 0.2) is 0 Å². The Morgan fingerprint density at radius 3 is 2.67 bits per heavy atom. The molecule has 5 heteroatoms. The summed E-state index contributed by atoms with van der Waals surface area (Å²) in [6, 6.07) is -0.394. The van der Waals surface area contributed by atoms with Crippen molar-refractivity contribution < 1.29 is 4.79 Å². The van der Waals surface area contributed by atoms with Gasteiger partial charge in [-0.15, -0.1) is 0 Å². The molecule has 1 amide bonds. The molecule has 1 heterocycles. The zero-order valence-corrected chi connectivity index (χ0v) is 11.5. The van der Waals surface area contributed by atoms with Gasteiger partial charge in [-0.1, -0.05) is 27.2 Å². The summed E-state index contributed by atoms with van der Waals surface area (Å²) in [5.74, 6) is 1.22. The highest BCUT2D eigenvalue weighted by molar-refractivity contribution is 5.83. The highest BCUT2D eigenvalue weighted by atomic mass is 16.1. The topological polar surface area (TPSA) is 80.9 Å². The lowest BCUT2D eigenvalue weighted by Crippen LogP contribution is -2.41. The van der Waals surface area contributed by atoms with Gasteiger partial charge in [0.1, 0.15) is 17.7 Å².